The smallest absolute Gasteiger partial charge is 0.378 e. The van der Waals surface area contributed by atoms with E-state index in [1.807, 2.05) is 0 Å². The summed E-state index contributed by atoms with van der Waals surface area (Å²) in [5.74, 6) is -2.28. The minimum absolute atomic E-state index is 0.703. The Balaban J connectivity index is 2.76. The number of aliphatic hydroxyl groups excluding tert-OH is 2. The molecule has 13 heavy (non-hydrogen) atoms. The molecule has 74 valence electrons. The van der Waals surface area contributed by atoms with E-state index in [1.54, 1.807) is 0 Å². The molecule has 1 saturated heterocycles. The zero-order chi connectivity index (χ0) is 10.0. The van der Waals surface area contributed by atoms with Crippen molar-refractivity contribution in [3.05, 3.63) is 0 Å². The van der Waals surface area contributed by atoms with Gasteiger partial charge in [-0.2, -0.15) is 0 Å². The lowest BCUT2D eigenvalue weighted by Crippen LogP contribution is -2.40. The molecular weight excluding hydrogens is 184 g/mol. The van der Waals surface area contributed by atoms with E-state index in [0.29, 0.717) is 0 Å². The summed E-state index contributed by atoms with van der Waals surface area (Å²) >= 11 is 0. The van der Waals surface area contributed by atoms with Gasteiger partial charge in [0.2, 0.25) is 6.10 Å². The molecule has 0 aromatic rings. The molecule has 0 spiro atoms. The maximum atomic E-state index is 10.8. The van der Waals surface area contributed by atoms with Crippen LogP contribution in [-0.2, 0) is 19.2 Å². The highest BCUT2D eigenvalue weighted by Crippen LogP contribution is 2.17. The van der Waals surface area contributed by atoms with Crippen molar-refractivity contribution in [3.63, 3.8) is 0 Å². The fourth-order valence-corrected chi connectivity index (χ4v) is 1.00. The average Bonchev–Trinajstić information content (AvgIpc) is 2.42. The van der Waals surface area contributed by atoms with E-state index in [2.05, 4.69) is 9.62 Å². The Hall–Kier alpha value is -1.02. The van der Waals surface area contributed by atoms with Crippen molar-refractivity contribution < 1.29 is 34.7 Å². The van der Waals surface area contributed by atoms with Gasteiger partial charge in [-0.15, -0.1) is 0 Å². The van der Waals surface area contributed by atoms with E-state index < -0.39 is 36.7 Å². The molecule has 0 amide bonds. The Morgan fingerprint density at radius 3 is 2.62 bits per heavy atom. The summed E-state index contributed by atoms with van der Waals surface area (Å²) in [7, 11) is 0. The van der Waals surface area contributed by atoms with Crippen molar-refractivity contribution in [1.82, 2.24) is 0 Å². The molecule has 0 aliphatic carbocycles. The van der Waals surface area contributed by atoms with E-state index in [1.165, 1.54) is 0 Å². The first-order valence-electron chi connectivity index (χ1n) is 3.45. The van der Waals surface area contributed by atoms with Crippen LogP contribution in [0.5, 0.6) is 0 Å². The number of ketones is 1. The molecule has 1 aliphatic heterocycles. The molecule has 3 N–H and O–H groups in total. The van der Waals surface area contributed by atoms with Crippen LogP contribution in [-0.4, -0.2) is 52.1 Å². The Morgan fingerprint density at radius 1 is 1.54 bits per heavy atom. The molecule has 0 aromatic carbocycles. The van der Waals surface area contributed by atoms with Crippen LogP contribution in [0.2, 0.25) is 0 Å². The Kier molecular flexibility index (Phi) is 2.94. The van der Waals surface area contributed by atoms with Gasteiger partial charge in [0.15, 0.2) is 6.10 Å². The van der Waals surface area contributed by atoms with Crippen molar-refractivity contribution in [1.29, 1.82) is 0 Å². The topological polar surface area (TPSA) is 113 Å². The monoisotopic (exact) mass is 192 g/mol. The molecule has 1 heterocycles. The van der Waals surface area contributed by atoms with Gasteiger partial charge in [-0.05, 0) is 0 Å². The number of Topliss-reactive ketones (excluding diaryl/α,β-unsaturated/α-hetero) is 1. The second-order valence-corrected chi connectivity index (χ2v) is 2.51. The van der Waals surface area contributed by atoms with Gasteiger partial charge < -0.3 is 14.9 Å². The number of cyclic esters (lactones) is 1. The minimum atomic E-state index is -1.56. The summed E-state index contributed by atoms with van der Waals surface area (Å²) in [5.41, 5.74) is 0. The number of ether oxygens (including phenoxy) is 1. The van der Waals surface area contributed by atoms with Crippen molar-refractivity contribution in [2.45, 2.75) is 18.3 Å². The molecule has 7 nitrogen and oxygen atoms in total. The van der Waals surface area contributed by atoms with Crippen molar-refractivity contribution >= 4 is 11.8 Å². The van der Waals surface area contributed by atoms with Crippen LogP contribution in [0.25, 0.3) is 0 Å². The van der Waals surface area contributed by atoms with Gasteiger partial charge >= 0.3 is 5.97 Å². The van der Waals surface area contributed by atoms with Gasteiger partial charge in [-0.1, -0.05) is 0 Å². The van der Waals surface area contributed by atoms with Crippen LogP contribution < -0.4 is 0 Å². The molecule has 7 heteroatoms. The number of carbonyl (C=O) groups excluding carboxylic acids is 2. The molecular formula is C6H8O7. The molecule has 1 fully saturated rings. The molecule has 1 rings (SSSR count). The molecule has 0 radical (unpaired) electrons. The Bertz CT molecular complexity index is 225. The third-order valence-electron chi connectivity index (χ3n) is 1.68. The van der Waals surface area contributed by atoms with Crippen LogP contribution >= 0.6 is 0 Å². The molecule has 1 unspecified atom stereocenters. The van der Waals surface area contributed by atoms with E-state index in [-0.39, 0.29) is 0 Å². The first kappa shape index (κ1) is 10.1. The quantitative estimate of drug-likeness (QED) is 0.199. The SMILES string of the molecule is O=C1O[C@H]([C@H](O)CO)C(OO)C1=O. The Labute approximate surface area is 72.4 Å². The highest BCUT2D eigenvalue weighted by Gasteiger charge is 2.48. The summed E-state index contributed by atoms with van der Waals surface area (Å²) in [6.07, 6.45) is -4.36. The van der Waals surface area contributed by atoms with Crippen LogP contribution in [0.15, 0.2) is 0 Å². The largest absolute Gasteiger partial charge is 0.450 e. The lowest BCUT2D eigenvalue weighted by molar-refractivity contribution is -0.285. The standard InChI is InChI=1S/C6H8O7/c7-1-2(8)4-5(13-11)3(9)6(10)12-4/h2,4-5,7-8,11H,1H2/t2-,4-,5?/m1/s1. The van der Waals surface area contributed by atoms with Gasteiger partial charge in [-0.25, -0.2) is 9.68 Å². The molecule has 3 atom stereocenters. The molecule has 0 bridgehead atoms. The predicted molar refractivity (Wildman–Crippen MR) is 35.5 cm³/mol. The summed E-state index contributed by atoms with van der Waals surface area (Å²) in [6, 6.07) is 0. The number of hydrogen-bond acceptors (Lipinski definition) is 7. The second-order valence-electron chi connectivity index (χ2n) is 2.51. The predicted octanol–water partition coefficient (Wildman–Crippen LogP) is -2.31. The highest BCUT2D eigenvalue weighted by atomic mass is 17.1. The van der Waals surface area contributed by atoms with Crippen LogP contribution in [0.4, 0.5) is 0 Å². The summed E-state index contributed by atoms with van der Waals surface area (Å²) in [5, 5.41) is 25.7. The van der Waals surface area contributed by atoms with Gasteiger partial charge in [0.05, 0.1) is 6.61 Å². The lowest BCUT2D eigenvalue weighted by Gasteiger charge is -2.17. The van der Waals surface area contributed by atoms with Crippen molar-refractivity contribution in [2.75, 3.05) is 6.61 Å². The lowest BCUT2D eigenvalue weighted by atomic mass is 10.1. The molecule has 0 aromatic heterocycles. The number of rotatable bonds is 3. The van der Waals surface area contributed by atoms with Crippen LogP contribution in [0.1, 0.15) is 0 Å². The van der Waals surface area contributed by atoms with Gasteiger partial charge in [0.1, 0.15) is 6.10 Å². The maximum Gasteiger partial charge on any atom is 0.378 e. The number of hydrogen-bond donors (Lipinski definition) is 3. The molecule has 1 aliphatic rings. The second kappa shape index (κ2) is 3.79. The normalized spacial score (nSPS) is 30.4. The van der Waals surface area contributed by atoms with E-state index in [0.717, 1.165) is 0 Å². The highest BCUT2D eigenvalue weighted by molar-refractivity contribution is 6.37. The first-order valence-corrected chi connectivity index (χ1v) is 3.45. The molecule has 0 saturated carbocycles. The van der Waals surface area contributed by atoms with E-state index in [9.17, 15) is 9.59 Å². The summed E-state index contributed by atoms with van der Waals surface area (Å²) < 4.78 is 4.35. The van der Waals surface area contributed by atoms with Crippen molar-refractivity contribution in [3.8, 4) is 0 Å². The number of carbonyl (C=O) groups is 2. The van der Waals surface area contributed by atoms with Gasteiger partial charge in [-0.3, -0.25) is 10.1 Å². The van der Waals surface area contributed by atoms with Crippen molar-refractivity contribution in [2.24, 2.45) is 0 Å². The third-order valence-corrected chi connectivity index (χ3v) is 1.68. The number of aliphatic hydroxyl groups is 2. The van der Waals surface area contributed by atoms with Gasteiger partial charge in [0, 0.05) is 0 Å². The minimum Gasteiger partial charge on any atom is -0.450 e. The maximum absolute atomic E-state index is 10.8. The number of esters is 1. The zero-order valence-electron chi connectivity index (χ0n) is 6.41. The van der Waals surface area contributed by atoms with E-state index in [4.69, 9.17) is 15.5 Å². The third kappa shape index (κ3) is 1.68. The zero-order valence-corrected chi connectivity index (χ0v) is 6.41. The van der Waals surface area contributed by atoms with Crippen LogP contribution in [0.3, 0.4) is 0 Å². The first-order chi connectivity index (χ1) is 6.11. The van der Waals surface area contributed by atoms with Crippen LogP contribution in [0, 0.1) is 0 Å². The Morgan fingerprint density at radius 2 is 2.15 bits per heavy atom. The summed E-state index contributed by atoms with van der Waals surface area (Å²) in [6.45, 7) is -0.703. The van der Waals surface area contributed by atoms with E-state index >= 15 is 0 Å². The fourth-order valence-electron chi connectivity index (χ4n) is 1.00. The summed E-state index contributed by atoms with van der Waals surface area (Å²) in [4.78, 5) is 25.1. The average molecular weight is 192 g/mol. The van der Waals surface area contributed by atoms with Gasteiger partial charge in [0.25, 0.3) is 5.78 Å². The fraction of sp³-hybridized carbons (Fsp3) is 0.667.